The summed E-state index contributed by atoms with van der Waals surface area (Å²) in [6.07, 6.45) is 0.326. The second kappa shape index (κ2) is 9.62. The molecule has 0 atom stereocenters. The Labute approximate surface area is 108 Å². The molecule has 0 fully saturated rings. The van der Waals surface area contributed by atoms with E-state index in [0.717, 1.165) is 13.1 Å². The van der Waals surface area contributed by atoms with E-state index in [1.165, 1.54) is 5.56 Å². The fourth-order valence-electron chi connectivity index (χ4n) is 1.46. The third-order valence-electron chi connectivity index (χ3n) is 2.35. The molecule has 0 radical (unpaired) electrons. The summed E-state index contributed by atoms with van der Waals surface area (Å²) >= 11 is 0. The fourth-order valence-corrected chi connectivity index (χ4v) is 1.46. The zero-order chi connectivity index (χ0) is 13.1. The standard InChI is InChI=1S/C14H21NO3/c1-2-18-14(16)8-10-17-11-9-15-12-13-6-4-3-5-7-13/h3-7,15H,2,8-12H2,1H3. The van der Waals surface area contributed by atoms with Crippen LogP contribution < -0.4 is 5.32 Å². The highest BCUT2D eigenvalue weighted by Gasteiger charge is 2.00. The van der Waals surface area contributed by atoms with Crippen molar-refractivity contribution in [3.63, 3.8) is 0 Å². The lowest BCUT2D eigenvalue weighted by molar-refractivity contribution is -0.144. The first-order valence-corrected chi connectivity index (χ1v) is 6.31. The van der Waals surface area contributed by atoms with E-state index in [0.29, 0.717) is 26.2 Å². The third-order valence-corrected chi connectivity index (χ3v) is 2.35. The van der Waals surface area contributed by atoms with Gasteiger partial charge in [0, 0.05) is 13.1 Å². The number of hydrogen-bond acceptors (Lipinski definition) is 4. The predicted molar refractivity (Wildman–Crippen MR) is 70.2 cm³/mol. The van der Waals surface area contributed by atoms with Crippen molar-refractivity contribution in [1.82, 2.24) is 5.32 Å². The molecular weight excluding hydrogens is 230 g/mol. The van der Waals surface area contributed by atoms with Gasteiger partial charge in [0.25, 0.3) is 0 Å². The van der Waals surface area contributed by atoms with Gasteiger partial charge < -0.3 is 14.8 Å². The Morgan fingerprint density at radius 3 is 2.72 bits per heavy atom. The van der Waals surface area contributed by atoms with Crippen LogP contribution in [0.5, 0.6) is 0 Å². The molecule has 0 amide bonds. The highest BCUT2D eigenvalue weighted by molar-refractivity contribution is 5.69. The van der Waals surface area contributed by atoms with Gasteiger partial charge >= 0.3 is 5.97 Å². The molecule has 0 aromatic heterocycles. The topological polar surface area (TPSA) is 47.6 Å². The number of rotatable bonds is 9. The lowest BCUT2D eigenvalue weighted by Gasteiger charge is -2.06. The Balaban J connectivity index is 1.92. The van der Waals surface area contributed by atoms with Gasteiger partial charge in [0.15, 0.2) is 0 Å². The monoisotopic (exact) mass is 251 g/mol. The van der Waals surface area contributed by atoms with Gasteiger partial charge in [-0.1, -0.05) is 30.3 Å². The average molecular weight is 251 g/mol. The van der Waals surface area contributed by atoms with E-state index in [1.54, 1.807) is 6.92 Å². The maximum absolute atomic E-state index is 11.0. The van der Waals surface area contributed by atoms with Crippen LogP contribution in [0.15, 0.2) is 30.3 Å². The lowest BCUT2D eigenvalue weighted by atomic mass is 10.2. The molecule has 1 rings (SSSR count). The van der Waals surface area contributed by atoms with Gasteiger partial charge in [-0.2, -0.15) is 0 Å². The summed E-state index contributed by atoms with van der Waals surface area (Å²) in [5, 5.41) is 3.27. The quantitative estimate of drug-likeness (QED) is 0.536. The summed E-state index contributed by atoms with van der Waals surface area (Å²) in [4.78, 5) is 11.0. The van der Waals surface area contributed by atoms with Gasteiger partial charge in [-0.15, -0.1) is 0 Å². The number of esters is 1. The van der Waals surface area contributed by atoms with E-state index in [-0.39, 0.29) is 5.97 Å². The summed E-state index contributed by atoms with van der Waals surface area (Å²) in [5.74, 6) is -0.199. The molecule has 0 aliphatic carbocycles. The van der Waals surface area contributed by atoms with Crippen LogP contribution in [0.4, 0.5) is 0 Å². The fraction of sp³-hybridized carbons (Fsp3) is 0.500. The van der Waals surface area contributed by atoms with Gasteiger partial charge in [0.2, 0.25) is 0 Å². The van der Waals surface area contributed by atoms with Gasteiger partial charge in [-0.05, 0) is 12.5 Å². The first-order valence-electron chi connectivity index (χ1n) is 6.31. The second-order valence-corrected chi connectivity index (χ2v) is 3.83. The SMILES string of the molecule is CCOC(=O)CCOCCNCc1ccccc1. The van der Waals surface area contributed by atoms with Gasteiger partial charge in [0.1, 0.15) is 0 Å². The molecule has 100 valence electrons. The van der Waals surface area contributed by atoms with Gasteiger partial charge in [-0.25, -0.2) is 0 Å². The van der Waals surface area contributed by atoms with Crippen molar-refractivity contribution in [2.24, 2.45) is 0 Å². The van der Waals surface area contributed by atoms with E-state index in [9.17, 15) is 4.79 Å². The van der Waals surface area contributed by atoms with Crippen molar-refractivity contribution >= 4 is 5.97 Å². The van der Waals surface area contributed by atoms with Crippen LogP contribution in [0.1, 0.15) is 18.9 Å². The lowest BCUT2D eigenvalue weighted by Crippen LogP contribution is -2.20. The van der Waals surface area contributed by atoms with Crippen molar-refractivity contribution in [2.75, 3.05) is 26.4 Å². The van der Waals surface area contributed by atoms with Crippen molar-refractivity contribution in [3.05, 3.63) is 35.9 Å². The van der Waals surface area contributed by atoms with E-state index in [2.05, 4.69) is 17.4 Å². The Kier molecular flexibility index (Phi) is 7.84. The molecule has 4 heteroatoms. The molecule has 0 aliphatic rings. The Morgan fingerprint density at radius 1 is 1.22 bits per heavy atom. The predicted octanol–water partition coefficient (Wildman–Crippen LogP) is 1.75. The van der Waals surface area contributed by atoms with Crippen molar-refractivity contribution in [3.8, 4) is 0 Å². The minimum atomic E-state index is -0.199. The molecule has 1 N–H and O–H groups in total. The minimum Gasteiger partial charge on any atom is -0.466 e. The third kappa shape index (κ3) is 7.04. The van der Waals surface area contributed by atoms with E-state index in [1.807, 2.05) is 18.2 Å². The highest BCUT2D eigenvalue weighted by atomic mass is 16.5. The number of ether oxygens (including phenoxy) is 2. The first-order chi connectivity index (χ1) is 8.83. The van der Waals surface area contributed by atoms with Crippen LogP contribution in [-0.4, -0.2) is 32.3 Å². The summed E-state index contributed by atoms with van der Waals surface area (Å²) in [7, 11) is 0. The molecule has 0 heterocycles. The zero-order valence-corrected chi connectivity index (χ0v) is 10.9. The van der Waals surface area contributed by atoms with Crippen LogP contribution in [0.2, 0.25) is 0 Å². The number of hydrogen-bond donors (Lipinski definition) is 1. The molecule has 0 aliphatic heterocycles. The Hall–Kier alpha value is -1.39. The number of carbonyl (C=O) groups is 1. The second-order valence-electron chi connectivity index (χ2n) is 3.83. The summed E-state index contributed by atoms with van der Waals surface area (Å²) < 4.78 is 10.1. The van der Waals surface area contributed by atoms with Crippen molar-refractivity contribution < 1.29 is 14.3 Å². The average Bonchev–Trinajstić information content (AvgIpc) is 2.39. The molecule has 1 aromatic rings. The van der Waals surface area contributed by atoms with Crippen molar-refractivity contribution in [1.29, 1.82) is 0 Å². The molecule has 0 saturated heterocycles. The molecule has 0 spiro atoms. The summed E-state index contributed by atoms with van der Waals surface area (Å²) in [5.41, 5.74) is 1.25. The molecule has 0 saturated carbocycles. The van der Waals surface area contributed by atoms with Crippen LogP contribution in [0.25, 0.3) is 0 Å². The van der Waals surface area contributed by atoms with Crippen LogP contribution >= 0.6 is 0 Å². The van der Waals surface area contributed by atoms with Gasteiger partial charge in [-0.3, -0.25) is 4.79 Å². The first kappa shape index (κ1) is 14.7. The van der Waals surface area contributed by atoms with Crippen LogP contribution in [0.3, 0.4) is 0 Å². The van der Waals surface area contributed by atoms with Crippen LogP contribution in [-0.2, 0) is 20.8 Å². The smallest absolute Gasteiger partial charge is 0.308 e. The highest BCUT2D eigenvalue weighted by Crippen LogP contribution is 1.96. The zero-order valence-electron chi connectivity index (χ0n) is 10.9. The molecule has 1 aromatic carbocycles. The number of carbonyl (C=O) groups excluding carboxylic acids is 1. The molecule has 0 unspecified atom stereocenters. The molecular formula is C14H21NO3. The largest absolute Gasteiger partial charge is 0.466 e. The molecule has 18 heavy (non-hydrogen) atoms. The molecule has 4 nitrogen and oxygen atoms in total. The maximum atomic E-state index is 11.0. The van der Waals surface area contributed by atoms with E-state index in [4.69, 9.17) is 9.47 Å². The summed E-state index contributed by atoms with van der Waals surface area (Å²) in [6.45, 7) is 4.86. The Bertz CT molecular complexity index is 327. The summed E-state index contributed by atoms with van der Waals surface area (Å²) in [6, 6.07) is 10.2. The van der Waals surface area contributed by atoms with Crippen LogP contribution in [0, 0.1) is 0 Å². The minimum absolute atomic E-state index is 0.199. The van der Waals surface area contributed by atoms with Gasteiger partial charge in [0.05, 0.1) is 26.2 Å². The molecule has 0 bridgehead atoms. The Morgan fingerprint density at radius 2 is 2.00 bits per heavy atom. The number of benzene rings is 1. The normalized spacial score (nSPS) is 10.3. The van der Waals surface area contributed by atoms with E-state index >= 15 is 0 Å². The number of nitrogens with one attached hydrogen (secondary N) is 1. The van der Waals surface area contributed by atoms with E-state index < -0.39 is 0 Å². The van der Waals surface area contributed by atoms with Crippen molar-refractivity contribution in [2.45, 2.75) is 19.9 Å². The maximum Gasteiger partial charge on any atom is 0.308 e.